The molecule has 3 nitrogen and oxygen atoms in total. The van der Waals surface area contributed by atoms with Gasteiger partial charge in [0.25, 0.3) is 0 Å². The molecule has 1 saturated heterocycles. The first-order chi connectivity index (χ1) is 7.68. The summed E-state index contributed by atoms with van der Waals surface area (Å²) in [6.45, 7) is 4.31. The first-order valence-corrected chi connectivity index (χ1v) is 6.40. The number of halogens is 1. The largest absolute Gasteiger partial charge is 0.378 e. The molecule has 0 aromatic heterocycles. The fraction of sp³-hybridized carbons (Fsp3) is 0.500. The van der Waals surface area contributed by atoms with Crippen LogP contribution in [0.4, 0.5) is 11.4 Å². The van der Waals surface area contributed by atoms with Gasteiger partial charge in [0.2, 0.25) is 0 Å². The molecular weight excluding hydrogens is 266 g/mol. The van der Waals surface area contributed by atoms with E-state index < -0.39 is 0 Å². The second-order valence-corrected chi connectivity index (χ2v) is 5.12. The van der Waals surface area contributed by atoms with E-state index in [0.717, 1.165) is 26.2 Å². The van der Waals surface area contributed by atoms with Crippen molar-refractivity contribution in [2.24, 2.45) is 0 Å². The smallest absolute Gasteiger partial charge is 0.0513 e. The minimum absolute atomic E-state index is 1.07. The molecule has 4 heteroatoms. The van der Waals surface area contributed by atoms with Crippen molar-refractivity contribution in [2.45, 2.75) is 0 Å². The van der Waals surface area contributed by atoms with E-state index in [9.17, 15) is 0 Å². The van der Waals surface area contributed by atoms with Crippen molar-refractivity contribution >= 4 is 27.3 Å². The van der Waals surface area contributed by atoms with E-state index in [1.807, 2.05) is 0 Å². The molecule has 1 N–H and O–H groups in total. The average molecular weight is 284 g/mol. The Kier molecular flexibility index (Phi) is 3.71. The van der Waals surface area contributed by atoms with Crippen molar-refractivity contribution in [3.63, 3.8) is 0 Å². The van der Waals surface area contributed by atoms with E-state index in [2.05, 4.69) is 63.3 Å². The molecule has 1 aromatic carbocycles. The third kappa shape index (κ3) is 2.50. The third-order valence-electron chi connectivity index (χ3n) is 2.91. The Balaban J connectivity index is 2.21. The quantitative estimate of drug-likeness (QED) is 0.895. The van der Waals surface area contributed by atoms with Crippen molar-refractivity contribution < 1.29 is 0 Å². The molecule has 16 heavy (non-hydrogen) atoms. The van der Waals surface area contributed by atoms with Crippen LogP contribution in [0.3, 0.4) is 0 Å². The molecule has 0 amide bonds. The van der Waals surface area contributed by atoms with Gasteiger partial charge in [-0.05, 0) is 34.1 Å². The molecule has 1 aliphatic rings. The van der Waals surface area contributed by atoms with Crippen molar-refractivity contribution in [1.82, 2.24) is 5.32 Å². The summed E-state index contributed by atoms with van der Waals surface area (Å²) in [7, 11) is 4.12. The van der Waals surface area contributed by atoms with Gasteiger partial charge in [0, 0.05) is 50.4 Å². The molecule has 1 heterocycles. The Morgan fingerprint density at radius 2 is 1.94 bits per heavy atom. The van der Waals surface area contributed by atoms with Gasteiger partial charge in [-0.1, -0.05) is 0 Å². The molecular formula is C12H18BrN3. The number of nitrogens with zero attached hydrogens (tertiary/aromatic N) is 2. The molecule has 0 radical (unpaired) electrons. The zero-order valence-corrected chi connectivity index (χ0v) is 11.4. The summed E-state index contributed by atoms with van der Waals surface area (Å²) < 4.78 is 1.18. The van der Waals surface area contributed by atoms with Crippen LogP contribution in [0.25, 0.3) is 0 Å². The summed E-state index contributed by atoms with van der Waals surface area (Å²) in [5.74, 6) is 0. The molecule has 2 rings (SSSR count). The number of nitrogens with one attached hydrogen (secondary N) is 1. The molecule has 0 atom stereocenters. The highest BCUT2D eigenvalue weighted by atomic mass is 79.9. The molecule has 0 saturated carbocycles. The Bertz CT molecular complexity index is 359. The molecule has 1 fully saturated rings. The van der Waals surface area contributed by atoms with Gasteiger partial charge in [0.15, 0.2) is 0 Å². The number of hydrogen-bond donors (Lipinski definition) is 1. The van der Waals surface area contributed by atoms with Crippen LogP contribution in [-0.4, -0.2) is 40.3 Å². The van der Waals surface area contributed by atoms with Gasteiger partial charge in [-0.25, -0.2) is 0 Å². The molecule has 0 bridgehead atoms. The average Bonchev–Trinajstić information content (AvgIpc) is 2.30. The molecule has 0 aliphatic carbocycles. The highest BCUT2D eigenvalue weighted by Gasteiger charge is 2.13. The van der Waals surface area contributed by atoms with Gasteiger partial charge in [-0.15, -0.1) is 0 Å². The number of hydrogen-bond acceptors (Lipinski definition) is 3. The maximum atomic E-state index is 3.66. The Morgan fingerprint density at radius 1 is 1.25 bits per heavy atom. The SMILES string of the molecule is CN(C)c1ccc(N2CCNCC2)c(Br)c1. The number of benzene rings is 1. The topological polar surface area (TPSA) is 18.5 Å². The zero-order chi connectivity index (χ0) is 11.5. The van der Waals surface area contributed by atoms with Crippen LogP contribution in [0.5, 0.6) is 0 Å². The van der Waals surface area contributed by atoms with Gasteiger partial charge < -0.3 is 15.1 Å². The normalized spacial score (nSPS) is 16.3. The molecule has 88 valence electrons. The lowest BCUT2D eigenvalue weighted by atomic mass is 10.2. The zero-order valence-electron chi connectivity index (χ0n) is 9.83. The van der Waals surface area contributed by atoms with Crippen LogP contribution in [0.1, 0.15) is 0 Å². The van der Waals surface area contributed by atoms with Crippen LogP contribution < -0.4 is 15.1 Å². The van der Waals surface area contributed by atoms with Crippen LogP contribution in [0.15, 0.2) is 22.7 Å². The van der Waals surface area contributed by atoms with Crippen molar-refractivity contribution in [1.29, 1.82) is 0 Å². The lowest BCUT2D eigenvalue weighted by Crippen LogP contribution is -2.43. The first kappa shape index (κ1) is 11.7. The maximum Gasteiger partial charge on any atom is 0.0513 e. The fourth-order valence-electron chi connectivity index (χ4n) is 1.94. The summed E-state index contributed by atoms with van der Waals surface area (Å²) >= 11 is 3.66. The third-order valence-corrected chi connectivity index (χ3v) is 3.54. The van der Waals surface area contributed by atoms with Crippen LogP contribution >= 0.6 is 15.9 Å². The van der Waals surface area contributed by atoms with Crippen molar-refractivity contribution in [3.8, 4) is 0 Å². The minimum Gasteiger partial charge on any atom is -0.378 e. The van der Waals surface area contributed by atoms with Gasteiger partial charge >= 0.3 is 0 Å². The van der Waals surface area contributed by atoms with Gasteiger partial charge in [-0.3, -0.25) is 0 Å². The van der Waals surface area contributed by atoms with E-state index in [1.54, 1.807) is 0 Å². The van der Waals surface area contributed by atoms with E-state index >= 15 is 0 Å². The van der Waals surface area contributed by atoms with Gasteiger partial charge in [0.05, 0.1) is 5.69 Å². The summed E-state index contributed by atoms with van der Waals surface area (Å²) in [6, 6.07) is 6.55. The molecule has 0 unspecified atom stereocenters. The predicted molar refractivity (Wildman–Crippen MR) is 73.6 cm³/mol. The van der Waals surface area contributed by atoms with Crippen molar-refractivity contribution in [2.75, 3.05) is 50.1 Å². The molecule has 1 aliphatic heterocycles. The summed E-state index contributed by atoms with van der Waals surface area (Å²) in [6.07, 6.45) is 0. The van der Waals surface area contributed by atoms with Crippen LogP contribution in [0, 0.1) is 0 Å². The highest BCUT2D eigenvalue weighted by molar-refractivity contribution is 9.10. The second-order valence-electron chi connectivity index (χ2n) is 4.27. The highest BCUT2D eigenvalue weighted by Crippen LogP contribution is 2.30. The van der Waals surface area contributed by atoms with E-state index in [4.69, 9.17) is 0 Å². The minimum atomic E-state index is 1.07. The predicted octanol–water partition coefficient (Wildman–Crippen LogP) is 1.92. The summed E-state index contributed by atoms with van der Waals surface area (Å²) in [5, 5.41) is 3.37. The van der Waals surface area contributed by atoms with E-state index in [0.29, 0.717) is 0 Å². The Morgan fingerprint density at radius 3 is 2.50 bits per heavy atom. The number of piperazine rings is 1. The lowest BCUT2D eigenvalue weighted by molar-refractivity contribution is 0.588. The van der Waals surface area contributed by atoms with Crippen molar-refractivity contribution in [3.05, 3.63) is 22.7 Å². The van der Waals surface area contributed by atoms with Crippen LogP contribution in [-0.2, 0) is 0 Å². The summed E-state index contributed by atoms with van der Waals surface area (Å²) in [5.41, 5.74) is 2.53. The Hall–Kier alpha value is -0.740. The fourth-order valence-corrected chi connectivity index (χ4v) is 2.55. The van der Waals surface area contributed by atoms with E-state index in [-0.39, 0.29) is 0 Å². The first-order valence-electron chi connectivity index (χ1n) is 5.61. The van der Waals surface area contributed by atoms with E-state index in [1.165, 1.54) is 15.8 Å². The summed E-state index contributed by atoms with van der Waals surface area (Å²) in [4.78, 5) is 4.53. The second kappa shape index (κ2) is 5.06. The van der Waals surface area contributed by atoms with Gasteiger partial charge in [-0.2, -0.15) is 0 Å². The monoisotopic (exact) mass is 283 g/mol. The molecule has 1 aromatic rings. The number of anilines is 2. The Labute approximate surface area is 106 Å². The van der Waals surface area contributed by atoms with Crippen LogP contribution in [0.2, 0.25) is 0 Å². The lowest BCUT2D eigenvalue weighted by Gasteiger charge is -2.30. The standard InChI is InChI=1S/C12H18BrN3/c1-15(2)10-3-4-12(11(13)9-10)16-7-5-14-6-8-16/h3-4,9,14H,5-8H2,1-2H3. The molecule has 0 spiro atoms. The maximum absolute atomic E-state index is 3.66. The van der Waals surface area contributed by atoms with Gasteiger partial charge in [0.1, 0.15) is 0 Å². The number of rotatable bonds is 2.